The topological polar surface area (TPSA) is 63.2 Å². The van der Waals surface area contributed by atoms with Crippen molar-refractivity contribution in [3.05, 3.63) is 63.2 Å². The van der Waals surface area contributed by atoms with Gasteiger partial charge in [-0.15, -0.1) is 11.3 Å². The van der Waals surface area contributed by atoms with E-state index in [-0.39, 0.29) is 15.9 Å². The van der Waals surface area contributed by atoms with E-state index in [4.69, 9.17) is 40.2 Å². The van der Waals surface area contributed by atoms with Crippen LogP contribution in [0.25, 0.3) is 11.3 Å². The van der Waals surface area contributed by atoms with Crippen molar-refractivity contribution in [2.45, 2.75) is 0 Å². The summed E-state index contributed by atoms with van der Waals surface area (Å²) >= 11 is 18.2. The highest BCUT2D eigenvalue weighted by Crippen LogP contribution is 2.28. The van der Waals surface area contributed by atoms with E-state index < -0.39 is 11.7 Å². The van der Waals surface area contributed by atoms with Crippen molar-refractivity contribution in [3.8, 4) is 17.0 Å². The van der Waals surface area contributed by atoms with E-state index in [9.17, 15) is 9.18 Å². The van der Waals surface area contributed by atoms with Gasteiger partial charge in [-0.1, -0.05) is 23.2 Å². The highest BCUT2D eigenvalue weighted by Gasteiger charge is 2.12. The summed E-state index contributed by atoms with van der Waals surface area (Å²) in [5.41, 5.74) is 1.47. The molecule has 2 N–H and O–H groups in total. The van der Waals surface area contributed by atoms with Crippen LogP contribution >= 0.6 is 46.8 Å². The molecule has 0 aliphatic carbocycles. The van der Waals surface area contributed by atoms with Crippen LogP contribution in [0.4, 0.5) is 9.52 Å². The average molecular weight is 456 g/mol. The van der Waals surface area contributed by atoms with Crippen molar-refractivity contribution in [2.75, 3.05) is 12.4 Å². The van der Waals surface area contributed by atoms with Crippen molar-refractivity contribution in [1.29, 1.82) is 0 Å². The number of nitrogens with one attached hydrogen (secondary N) is 2. The number of thiocarbonyl (C=S) groups is 1. The number of thiazole rings is 1. The first-order valence-electron chi connectivity index (χ1n) is 7.74. The van der Waals surface area contributed by atoms with Gasteiger partial charge in [-0.2, -0.15) is 0 Å². The van der Waals surface area contributed by atoms with Crippen LogP contribution in [-0.4, -0.2) is 23.1 Å². The molecule has 0 aliphatic heterocycles. The zero-order chi connectivity index (χ0) is 20.3. The van der Waals surface area contributed by atoms with Crippen LogP contribution in [0.1, 0.15) is 10.4 Å². The summed E-state index contributed by atoms with van der Waals surface area (Å²) in [6.07, 6.45) is 0. The number of rotatable bonds is 4. The molecule has 0 aliphatic rings. The summed E-state index contributed by atoms with van der Waals surface area (Å²) in [6.45, 7) is 0. The molecule has 0 spiro atoms. The highest BCUT2D eigenvalue weighted by molar-refractivity contribution is 7.80. The Morgan fingerprint density at radius 1 is 1.21 bits per heavy atom. The third kappa shape index (κ3) is 4.77. The van der Waals surface area contributed by atoms with Gasteiger partial charge < -0.3 is 10.1 Å². The molecule has 28 heavy (non-hydrogen) atoms. The standard InChI is InChI=1S/C18H12Cl2FN3O2S2/c1-26-15-5-3-9(7-13(15)21)14-8-28-18(22-14)24-17(27)23-16(25)10-2-4-11(19)12(20)6-10/h2-8H,1H3,(H2,22,23,24,25,27). The fraction of sp³-hybridized carbons (Fsp3) is 0.0556. The lowest BCUT2D eigenvalue weighted by molar-refractivity contribution is 0.0977. The summed E-state index contributed by atoms with van der Waals surface area (Å²) < 4.78 is 18.8. The molecule has 0 unspecified atom stereocenters. The second kappa shape index (κ2) is 8.83. The Morgan fingerprint density at radius 2 is 2.00 bits per heavy atom. The van der Waals surface area contributed by atoms with Crippen molar-refractivity contribution < 1.29 is 13.9 Å². The third-order valence-electron chi connectivity index (χ3n) is 3.58. The lowest BCUT2D eigenvalue weighted by Crippen LogP contribution is -2.34. The van der Waals surface area contributed by atoms with Crippen LogP contribution in [-0.2, 0) is 0 Å². The summed E-state index contributed by atoms with van der Waals surface area (Å²) in [6, 6.07) is 9.07. The number of carbonyl (C=O) groups is 1. The summed E-state index contributed by atoms with van der Waals surface area (Å²) in [5.74, 6) is -0.763. The molecule has 0 atom stereocenters. The van der Waals surface area contributed by atoms with Gasteiger partial charge in [-0.05, 0) is 48.6 Å². The molecule has 10 heteroatoms. The Morgan fingerprint density at radius 3 is 2.68 bits per heavy atom. The number of aromatic nitrogens is 1. The predicted octanol–water partition coefficient (Wildman–Crippen LogP) is 5.39. The van der Waals surface area contributed by atoms with Crippen LogP contribution < -0.4 is 15.4 Å². The minimum absolute atomic E-state index is 0.0675. The normalized spacial score (nSPS) is 10.4. The van der Waals surface area contributed by atoms with Gasteiger partial charge in [-0.3, -0.25) is 10.1 Å². The van der Waals surface area contributed by atoms with E-state index >= 15 is 0 Å². The molecule has 2 aromatic carbocycles. The maximum atomic E-state index is 13.9. The number of anilines is 1. The van der Waals surface area contributed by atoms with Crippen molar-refractivity contribution >= 4 is 62.9 Å². The van der Waals surface area contributed by atoms with E-state index in [2.05, 4.69) is 15.6 Å². The van der Waals surface area contributed by atoms with E-state index in [1.54, 1.807) is 11.4 Å². The van der Waals surface area contributed by atoms with Gasteiger partial charge >= 0.3 is 0 Å². The van der Waals surface area contributed by atoms with Crippen LogP contribution in [0.2, 0.25) is 10.0 Å². The molecular formula is C18H12Cl2FN3O2S2. The Kier molecular flexibility index (Phi) is 6.46. The zero-order valence-corrected chi connectivity index (χ0v) is 17.4. The Labute approximate surface area is 179 Å². The second-order valence-corrected chi connectivity index (χ2v) is 7.51. The van der Waals surface area contributed by atoms with Gasteiger partial charge in [0.05, 0.1) is 22.8 Å². The Balaban J connectivity index is 1.66. The first-order valence-corrected chi connectivity index (χ1v) is 9.78. The van der Waals surface area contributed by atoms with Crippen molar-refractivity contribution in [2.24, 2.45) is 0 Å². The number of hydrogen-bond donors (Lipinski definition) is 2. The first kappa shape index (κ1) is 20.5. The SMILES string of the molecule is COc1ccc(-c2csc(NC(=S)NC(=O)c3ccc(Cl)c(Cl)c3)n2)cc1F. The van der Waals surface area contributed by atoms with Crippen LogP contribution in [0, 0.1) is 5.82 Å². The molecule has 3 rings (SSSR count). The van der Waals surface area contributed by atoms with E-state index in [0.717, 1.165) is 0 Å². The number of nitrogens with zero attached hydrogens (tertiary/aromatic N) is 1. The Bertz CT molecular complexity index is 1060. The van der Waals surface area contributed by atoms with E-state index in [1.807, 2.05) is 0 Å². The van der Waals surface area contributed by atoms with Crippen molar-refractivity contribution in [3.63, 3.8) is 0 Å². The van der Waals surface area contributed by atoms with Gasteiger partial charge in [0.15, 0.2) is 21.8 Å². The molecule has 1 heterocycles. The number of hydrogen-bond acceptors (Lipinski definition) is 5. The van der Waals surface area contributed by atoms with E-state index in [0.29, 0.717) is 27.0 Å². The minimum atomic E-state index is -0.480. The van der Waals surface area contributed by atoms with Crippen molar-refractivity contribution in [1.82, 2.24) is 10.3 Å². The number of ether oxygens (including phenoxy) is 1. The first-order chi connectivity index (χ1) is 13.4. The molecule has 1 aromatic heterocycles. The van der Waals surface area contributed by atoms with Gasteiger partial charge in [0.25, 0.3) is 5.91 Å². The molecular weight excluding hydrogens is 444 g/mol. The van der Waals surface area contributed by atoms with Crippen LogP contribution in [0.15, 0.2) is 41.8 Å². The van der Waals surface area contributed by atoms with Crippen LogP contribution in [0.5, 0.6) is 5.75 Å². The van der Waals surface area contributed by atoms with Gasteiger partial charge in [-0.25, -0.2) is 9.37 Å². The maximum Gasteiger partial charge on any atom is 0.257 e. The highest BCUT2D eigenvalue weighted by atomic mass is 35.5. The minimum Gasteiger partial charge on any atom is -0.494 e. The molecule has 0 fully saturated rings. The van der Waals surface area contributed by atoms with Gasteiger partial charge in [0, 0.05) is 16.5 Å². The quantitative estimate of drug-likeness (QED) is 0.516. The van der Waals surface area contributed by atoms with E-state index in [1.165, 1.54) is 48.8 Å². The number of carbonyl (C=O) groups excluding carboxylic acids is 1. The molecule has 3 aromatic rings. The second-order valence-electron chi connectivity index (χ2n) is 5.42. The average Bonchev–Trinajstić information content (AvgIpc) is 3.12. The summed E-state index contributed by atoms with van der Waals surface area (Å²) in [4.78, 5) is 16.6. The number of halogens is 3. The number of amides is 1. The fourth-order valence-electron chi connectivity index (χ4n) is 2.23. The molecule has 0 saturated heterocycles. The zero-order valence-electron chi connectivity index (χ0n) is 14.3. The smallest absolute Gasteiger partial charge is 0.257 e. The molecule has 0 bridgehead atoms. The molecule has 144 valence electrons. The fourth-order valence-corrected chi connectivity index (χ4v) is 3.51. The molecule has 0 radical (unpaired) electrons. The predicted molar refractivity (Wildman–Crippen MR) is 114 cm³/mol. The lowest BCUT2D eigenvalue weighted by Gasteiger charge is -2.08. The van der Waals surface area contributed by atoms with Gasteiger partial charge in [0.2, 0.25) is 0 Å². The Hall–Kier alpha value is -2.26. The summed E-state index contributed by atoms with van der Waals surface area (Å²) in [7, 11) is 1.40. The molecule has 0 saturated carbocycles. The summed E-state index contributed by atoms with van der Waals surface area (Å²) in [5, 5.41) is 8.24. The monoisotopic (exact) mass is 455 g/mol. The molecule has 5 nitrogen and oxygen atoms in total. The van der Waals surface area contributed by atoms with Gasteiger partial charge in [0.1, 0.15) is 0 Å². The number of methoxy groups -OCH3 is 1. The lowest BCUT2D eigenvalue weighted by atomic mass is 10.1. The molecule has 1 amide bonds. The largest absolute Gasteiger partial charge is 0.494 e. The third-order valence-corrected chi connectivity index (χ3v) is 5.28. The maximum absolute atomic E-state index is 13.9. The van der Waals surface area contributed by atoms with Crippen LogP contribution in [0.3, 0.4) is 0 Å². The number of benzene rings is 2.